The molecule has 0 bridgehead atoms. The van der Waals surface area contributed by atoms with E-state index in [4.69, 9.17) is 4.74 Å². The Bertz CT molecular complexity index is 546. The van der Waals surface area contributed by atoms with Crippen LogP contribution in [0.15, 0.2) is 12.3 Å². The molecule has 2 rings (SSSR count). The van der Waals surface area contributed by atoms with Crippen molar-refractivity contribution >= 4 is 11.8 Å². The lowest BCUT2D eigenvalue weighted by molar-refractivity contribution is -0.145. The first-order valence-corrected chi connectivity index (χ1v) is 7.91. The van der Waals surface area contributed by atoms with Gasteiger partial charge in [-0.1, -0.05) is 0 Å². The van der Waals surface area contributed by atoms with Gasteiger partial charge in [0, 0.05) is 19.3 Å². The highest BCUT2D eigenvalue weighted by Crippen LogP contribution is 2.28. The third kappa shape index (κ3) is 5.33. The third-order valence-electron chi connectivity index (χ3n) is 3.84. The van der Waals surface area contributed by atoms with Gasteiger partial charge < -0.3 is 15.0 Å². The van der Waals surface area contributed by atoms with E-state index in [2.05, 4.69) is 15.3 Å². The van der Waals surface area contributed by atoms with Crippen molar-refractivity contribution in [2.75, 3.05) is 37.7 Å². The van der Waals surface area contributed by atoms with E-state index >= 15 is 0 Å². The summed E-state index contributed by atoms with van der Waals surface area (Å²) in [6, 6.07) is 1.49. The van der Waals surface area contributed by atoms with Crippen LogP contribution in [0.25, 0.3) is 0 Å². The van der Waals surface area contributed by atoms with Crippen molar-refractivity contribution in [1.29, 1.82) is 0 Å². The van der Waals surface area contributed by atoms with Gasteiger partial charge >= 0.3 is 12.1 Å². The van der Waals surface area contributed by atoms with E-state index in [1.165, 1.54) is 6.07 Å². The molecule has 0 radical (unpaired) electrons. The lowest BCUT2D eigenvalue weighted by atomic mass is 9.97. The number of rotatable bonds is 6. The monoisotopic (exact) mass is 346 g/mol. The highest BCUT2D eigenvalue weighted by Gasteiger charge is 2.35. The normalized spacial score (nSPS) is 16.2. The van der Waals surface area contributed by atoms with Crippen molar-refractivity contribution in [3.05, 3.63) is 18.1 Å². The fraction of sp³-hybridized carbons (Fsp3) is 0.667. The topological polar surface area (TPSA) is 67.3 Å². The molecule has 0 aromatic carbocycles. The molecule has 1 aromatic rings. The number of halogens is 3. The molecular formula is C15H21F3N4O2. The fourth-order valence-electron chi connectivity index (χ4n) is 2.62. The third-order valence-corrected chi connectivity index (χ3v) is 3.84. The molecule has 1 aliphatic heterocycles. The summed E-state index contributed by atoms with van der Waals surface area (Å²) in [6.45, 7) is 4.22. The van der Waals surface area contributed by atoms with Crippen LogP contribution >= 0.6 is 0 Å². The molecule has 1 aromatic heterocycles. The smallest absolute Gasteiger partial charge is 0.451 e. The lowest BCUT2D eigenvalue weighted by Crippen LogP contribution is -2.39. The van der Waals surface area contributed by atoms with Crippen LogP contribution in [0, 0.1) is 5.92 Å². The summed E-state index contributed by atoms with van der Waals surface area (Å²) in [5, 5.41) is 3.06. The van der Waals surface area contributed by atoms with E-state index in [1.54, 1.807) is 6.92 Å². The van der Waals surface area contributed by atoms with Gasteiger partial charge in [0.1, 0.15) is 5.82 Å². The summed E-state index contributed by atoms with van der Waals surface area (Å²) in [5.41, 5.74) is 0. The van der Waals surface area contributed by atoms with Crippen LogP contribution in [0.1, 0.15) is 25.6 Å². The average molecular weight is 346 g/mol. The number of esters is 1. The number of hydrogen-bond acceptors (Lipinski definition) is 6. The maximum absolute atomic E-state index is 12.7. The lowest BCUT2D eigenvalue weighted by Gasteiger charge is -2.33. The summed E-state index contributed by atoms with van der Waals surface area (Å²) in [7, 11) is 0. The molecule has 1 N–H and O–H groups in total. The highest BCUT2D eigenvalue weighted by molar-refractivity contribution is 5.71. The highest BCUT2D eigenvalue weighted by atomic mass is 19.4. The Morgan fingerprint density at radius 3 is 2.75 bits per heavy atom. The largest absolute Gasteiger partial charge is 0.465 e. The van der Waals surface area contributed by atoms with Crippen molar-refractivity contribution in [3.8, 4) is 0 Å². The Kier molecular flexibility index (Phi) is 6.36. The van der Waals surface area contributed by atoms with Crippen LogP contribution in [0.4, 0.5) is 19.0 Å². The van der Waals surface area contributed by atoms with Gasteiger partial charge in [0.2, 0.25) is 5.82 Å². The average Bonchev–Trinajstić information content (AvgIpc) is 2.55. The number of carbonyl (C=O) groups excluding carboxylic acids is 1. The quantitative estimate of drug-likeness (QED) is 0.793. The molecule has 0 aliphatic carbocycles. The molecule has 0 atom stereocenters. The minimum absolute atomic E-state index is 0.176. The summed E-state index contributed by atoms with van der Waals surface area (Å²) >= 11 is 0. The first-order valence-electron chi connectivity index (χ1n) is 7.91. The maximum Gasteiger partial charge on any atom is 0.451 e. The van der Waals surface area contributed by atoms with Crippen molar-refractivity contribution in [1.82, 2.24) is 15.3 Å². The molecular weight excluding hydrogens is 325 g/mol. The van der Waals surface area contributed by atoms with Gasteiger partial charge in [-0.3, -0.25) is 4.79 Å². The molecule has 1 saturated heterocycles. The second kappa shape index (κ2) is 8.27. The van der Waals surface area contributed by atoms with Crippen molar-refractivity contribution < 1.29 is 22.7 Å². The van der Waals surface area contributed by atoms with E-state index in [0.717, 1.165) is 19.0 Å². The number of alkyl halides is 3. The molecule has 2 heterocycles. The van der Waals surface area contributed by atoms with Gasteiger partial charge in [0.15, 0.2) is 0 Å². The van der Waals surface area contributed by atoms with E-state index in [9.17, 15) is 18.0 Å². The number of carbonyl (C=O) groups is 1. The number of hydrogen-bond donors (Lipinski definition) is 1. The number of piperidine rings is 1. The van der Waals surface area contributed by atoms with Crippen LogP contribution in [0.5, 0.6) is 0 Å². The molecule has 0 spiro atoms. The summed E-state index contributed by atoms with van der Waals surface area (Å²) in [5.74, 6) is -0.719. The van der Waals surface area contributed by atoms with Crippen molar-refractivity contribution in [2.24, 2.45) is 5.92 Å². The number of ether oxygens (including phenoxy) is 1. The Morgan fingerprint density at radius 2 is 2.12 bits per heavy atom. The van der Waals surface area contributed by atoms with Crippen LogP contribution in [-0.4, -0.2) is 48.7 Å². The molecule has 0 saturated carbocycles. The van der Waals surface area contributed by atoms with Gasteiger partial charge in [-0.15, -0.1) is 0 Å². The zero-order valence-electron chi connectivity index (χ0n) is 13.5. The Labute approximate surface area is 138 Å². The molecule has 24 heavy (non-hydrogen) atoms. The van der Waals surface area contributed by atoms with Crippen molar-refractivity contribution in [3.63, 3.8) is 0 Å². The SMILES string of the molecule is CCOC(=O)CNCC1CCN(c2ccnc(C(F)(F)F)n2)CC1. The summed E-state index contributed by atoms with van der Waals surface area (Å²) in [4.78, 5) is 20.0. The first kappa shape index (κ1) is 18.4. The second-order valence-electron chi connectivity index (χ2n) is 5.60. The predicted octanol–water partition coefficient (Wildman–Crippen LogP) is 1.86. The first-order chi connectivity index (χ1) is 11.4. The van der Waals surface area contributed by atoms with Crippen LogP contribution in [-0.2, 0) is 15.7 Å². The van der Waals surface area contributed by atoms with Gasteiger partial charge in [0.25, 0.3) is 0 Å². The molecule has 1 fully saturated rings. The van der Waals surface area contributed by atoms with Gasteiger partial charge in [-0.25, -0.2) is 9.97 Å². The molecule has 6 nitrogen and oxygen atoms in total. The van der Waals surface area contributed by atoms with Gasteiger partial charge in [-0.05, 0) is 38.3 Å². The fourth-order valence-corrected chi connectivity index (χ4v) is 2.62. The zero-order valence-corrected chi connectivity index (χ0v) is 13.5. The van der Waals surface area contributed by atoms with Crippen LogP contribution in [0.3, 0.4) is 0 Å². The van der Waals surface area contributed by atoms with Gasteiger partial charge in [0.05, 0.1) is 13.2 Å². The van der Waals surface area contributed by atoms with E-state index in [-0.39, 0.29) is 12.5 Å². The standard InChI is InChI=1S/C15H21F3N4O2/c1-2-24-13(23)10-19-9-11-4-7-22(8-5-11)12-3-6-20-14(21-12)15(16,17)18/h3,6,11,19H,2,4-5,7-10H2,1H3. The minimum Gasteiger partial charge on any atom is -0.465 e. The molecule has 0 unspecified atom stereocenters. The predicted molar refractivity (Wildman–Crippen MR) is 81.5 cm³/mol. The summed E-state index contributed by atoms with van der Waals surface area (Å²) < 4.78 is 42.8. The van der Waals surface area contributed by atoms with Crippen LogP contribution in [0.2, 0.25) is 0 Å². The summed E-state index contributed by atoms with van der Waals surface area (Å²) in [6.07, 6.45) is -1.76. The number of nitrogens with one attached hydrogen (secondary N) is 1. The molecule has 134 valence electrons. The molecule has 0 amide bonds. The second-order valence-corrected chi connectivity index (χ2v) is 5.60. The van der Waals surface area contributed by atoms with Gasteiger partial charge in [-0.2, -0.15) is 13.2 Å². The Hall–Kier alpha value is -1.90. The minimum atomic E-state index is -4.54. The zero-order chi connectivity index (χ0) is 17.6. The Morgan fingerprint density at radius 1 is 1.42 bits per heavy atom. The van der Waals surface area contributed by atoms with E-state index in [0.29, 0.717) is 38.0 Å². The van der Waals surface area contributed by atoms with Crippen LogP contribution < -0.4 is 10.2 Å². The van der Waals surface area contributed by atoms with Crippen molar-refractivity contribution in [2.45, 2.75) is 25.9 Å². The molecule has 9 heteroatoms. The number of aromatic nitrogens is 2. The van der Waals surface area contributed by atoms with E-state index < -0.39 is 12.0 Å². The molecule has 1 aliphatic rings. The number of anilines is 1. The van der Waals surface area contributed by atoms with E-state index in [1.807, 2.05) is 4.90 Å². The maximum atomic E-state index is 12.7. The Balaban J connectivity index is 1.79. The number of nitrogens with zero attached hydrogens (tertiary/aromatic N) is 3.